The molecule has 188 valence electrons. The lowest BCUT2D eigenvalue weighted by Crippen LogP contribution is -2.29. The largest absolute Gasteiger partial charge is 0.493 e. The van der Waals surface area contributed by atoms with Gasteiger partial charge in [0.25, 0.3) is 5.91 Å². The molecule has 12 heteroatoms. The van der Waals surface area contributed by atoms with Crippen LogP contribution in [0.15, 0.2) is 34.2 Å². The number of rotatable bonds is 8. The van der Waals surface area contributed by atoms with Gasteiger partial charge in [-0.15, -0.1) is 11.3 Å². The van der Waals surface area contributed by atoms with Gasteiger partial charge in [0.1, 0.15) is 5.69 Å². The number of nitrogens with one attached hydrogen (secondary N) is 2. The van der Waals surface area contributed by atoms with Crippen LogP contribution in [0.3, 0.4) is 0 Å². The Hall–Kier alpha value is -3.77. The highest BCUT2D eigenvalue weighted by Crippen LogP contribution is 2.27. The number of aromatic hydroxyl groups is 1. The average molecular weight is 509 g/mol. The molecule has 4 aromatic rings. The maximum atomic E-state index is 13.0. The summed E-state index contributed by atoms with van der Waals surface area (Å²) < 4.78 is 1.66. The topological polar surface area (TPSA) is 135 Å². The van der Waals surface area contributed by atoms with E-state index in [2.05, 4.69) is 20.0 Å². The molecule has 1 aliphatic carbocycles. The Morgan fingerprint density at radius 1 is 1.28 bits per heavy atom. The fraction of sp³-hybridized carbons (Fsp3) is 0.375. The van der Waals surface area contributed by atoms with Crippen LogP contribution in [-0.4, -0.2) is 85.7 Å². The van der Waals surface area contributed by atoms with Crippen molar-refractivity contribution in [1.29, 1.82) is 0 Å². The van der Waals surface area contributed by atoms with E-state index in [-0.39, 0.29) is 23.5 Å². The number of hydrogen-bond acceptors (Lipinski definition) is 8. The molecule has 0 bridgehead atoms. The average Bonchev–Trinajstić information content (AvgIpc) is 3.22. The van der Waals surface area contributed by atoms with Crippen LogP contribution < -0.4 is 16.4 Å². The second-order valence-corrected chi connectivity index (χ2v) is 10.3. The lowest BCUT2D eigenvalue weighted by molar-refractivity contribution is 0.0795. The molecule has 11 nitrogen and oxygen atoms in total. The Labute approximate surface area is 210 Å². The van der Waals surface area contributed by atoms with Crippen LogP contribution in [0, 0.1) is 0 Å². The van der Waals surface area contributed by atoms with Gasteiger partial charge < -0.3 is 19.9 Å². The summed E-state index contributed by atoms with van der Waals surface area (Å²) in [7, 11) is 5.86. The third kappa shape index (κ3) is 5.09. The summed E-state index contributed by atoms with van der Waals surface area (Å²) in [5, 5.41) is 15.0. The maximum Gasteiger partial charge on any atom is 0.326 e. The zero-order valence-corrected chi connectivity index (χ0v) is 21.2. The summed E-state index contributed by atoms with van der Waals surface area (Å²) in [6.45, 7) is 1.60. The third-order valence-electron chi connectivity index (χ3n) is 5.89. The van der Waals surface area contributed by atoms with E-state index in [1.165, 1.54) is 11.3 Å². The first kappa shape index (κ1) is 23.9. The van der Waals surface area contributed by atoms with Crippen molar-refractivity contribution in [2.24, 2.45) is 4.99 Å². The number of carbonyl (C=O) groups is 1. The Morgan fingerprint density at radius 3 is 2.78 bits per heavy atom. The number of H-pyrrole nitrogens is 2. The van der Waals surface area contributed by atoms with E-state index in [4.69, 9.17) is 9.98 Å². The van der Waals surface area contributed by atoms with Gasteiger partial charge >= 0.3 is 5.69 Å². The van der Waals surface area contributed by atoms with E-state index < -0.39 is 5.69 Å². The van der Waals surface area contributed by atoms with E-state index in [1.807, 2.05) is 39.3 Å². The van der Waals surface area contributed by atoms with Crippen LogP contribution in [0.1, 0.15) is 34.6 Å². The highest BCUT2D eigenvalue weighted by atomic mass is 32.1. The number of imidazole rings is 1. The molecule has 3 N–H and O–H groups in total. The van der Waals surface area contributed by atoms with Gasteiger partial charge in [0.15, 0.2) is 11.1 Å². The second-order valence-electron chi connectivity index (χ2n) is 9.23. The molecule has 1 amide bonds. The number of thiophene rings is 1. The number of fused-ring (bicyclic) bond motifs is 1. The quantitative estimate of drug-likeness (QED) is 0.322. The molecule has 0 aromatic carbocycles. The molecule has 1 fully saturated rings. The molecule has 1 saturated carbocycles. The summed E-state index contributed by atoms with van der Waals surface area (Å²) >= 11 is 1.39. The third-order valence-corrected chi connectivity index (χ3v) is 6.99. The predicted octanol–water partition coefficient (Wildman–Crippen LogP) is 0.814. The van der Waals surface area contributed by atoms with Gasteiger partial charge in [-0.1, -0.05) is 0 Å². The monoisotopic (exact) mass is 508 g/mol. The molecule has 36 heavy (non-hydrogen) atoms. The summed E-state index contributed by atoms with van der Waals surface area (Å²) in [6.07, 6.45) is 6.21. The molecule has 0 unspecified atom stereocenters. The lowest BCUT2D eigenvalue weighted by Gasteiger charge is -2.17. The van der Waals surface area contributed by atoms with E-state index in [9.17, 15) is 14.7 Å². The van der Waals surface area contributed by atoms with Crippen molar-refractivity contribution < 1.29 is 9.90 Å². The van der Waals surface area contributed by atoms with Crippen molar-refractivity contribution in [3.05, 3.63) is 56.2 Å². The first-order valence-electron chi connectivity index (χ1n) is 11.7. The molecule has 5 rings (SSSR count). The number of amides is 1. The Kier molecular flexibility index (Phi) is 6.46. The van der Waals surface area contributed by atoms with Crippen LogP contribution >= 0.6 is 11.3 Å². The molecule has 0 aliphatic heterocycles. The van der Waals surface area contributed by atoms with Gasteiger partial charge in [-0.25, -0.2) is 9.78 Å². The highest BCUT2D eigenvalue weighted by Gasteiger charge is 2.21. The summed E-state index contributed by atoms with van der Waals surface area (Å²) in [6, 6.07) is 5.89. The van der Waals surface area contributed by atoms with E-state index in [1.54, 1.807) is 21.7 Å². The van der Waals surface area contributed by atoms with Gasteiger partial charge in [-0.3, -0.25) is 14.8 Å². The van der Waals surface area contributed by atoms with Crippen LogP contribution in [0.25, 0.3) is 22.3 Å². The minimum atomic E-state index is -0.504. The molecule has 1 aliphatic rings. The number of hydrogen-bond donors (Lipinski definition) is 3. The molecule has 4 aromatic heterocycles. The van der Waals surface area contributed by atoms with Crippen LogP contribution in [0.5, 0.6) is 5.88 Å². The van der Waals surface area contributed by atoms with Crippen molar-refractivity contribution in [2.45, 2.75) is 25.3 Å². The smallest absolute Gasteiger partial charge is 0.326 e. The SMILES string of the molecule is CN(C)CCCN(C)C(=O)c1ccc(-c2cc(=NC3CC3)n3ncc(=Cc4[nH]c(=O)[nH]c4O)c3n2)s1. The molecule has 4 heterocycles. The Morgan fingerprint density at radius 2 is 2.08 bits per heavy atom. The molecule has 0 atom stereocenters. The number of nitrogens with zero attached hydrogens (tertiary/aromatic N) is 6. The van der Waals surface area contributed by atoms with Crippen molar-refractivity contribution in [1.82, 2.24) is 34.4 Å². The second kappa shape index (κ2) is 9.70. The minimum Gasteiger partial charge on any atom is -0.493 e. The van der Waals surface area contributed by atoms with Gasteiger partial charge in [0.2, 0.25) is 5.88 Å². The van der Waals surface area contributed by atoms with Crippen molar-refractivity contribution in [3.63, 3.8) is 0 Å². The van der Waals surface area contributed by atoms with E-state index >= 15 is 0 Å². The summed E-state index contributed by atoms with van der Waals surface area (Å²) in [5.74, 6) is -0.270. The number of carbonyl (C=O) groups excluding carboxylic acids is 1. The standard InChI is InChI=1S/C24H28N8O3S/c1-30(2)9-4-10-31(3)23(34)19-8-7-18(36-19)16-12-20(26-15-5-6-15)32-21(27-16)14(13-25-32)11-17-22(33)29-24(35)28-17/h7-8,11-13,15,33H,4-6,9-10H2,1-3H3,(H2,28,29,35). The first-order chi connectivity index (χ1) is 17.3. The predicted molar refractivity (Wildman–Crippen MR) is 137 cm³/mol. The van der Waals surface area contributed by atoms with Crippen LogP contribution in [0.2, 0.25) is 0 Å². The van der Waals surface area contributed by atoms with E-state index in [0.717, 1.165) is 30.7 Å². The minimum absolute atomic E-state index is 0.0146. The molecule has 0 radical (unpaired) electrons. The molecule has 0 spiro atoms. The first-order valence-corrected chi connectivity index (χ1v) is 12.6. The van der Waals surface area contributed by atoms with Crippen LogP contribution in [-0.2, 0) is 0 Å². The van der Waals surface area contributed by atoms with Crippen LogP contribution in [0.4, 0.5) is 0 Å². The van der Waals surface area contributed by atoms with E-state index in [0.29, 0.717) is 33.5 Å². The molecular formula is C24H28N8O3S. The molecular weight excluding hydrogens is 480 g/mol. The van der Waals surface area contributed by atoms with Crippen molar-refractivity contribution >= 4 is 29.0 Å². The summed E-state index contributed by atoms with van der Waals surface area (Å²) in [4.78, 5) is 44.3. The van der Waals surface area contributed by atoms with Gasteiger partial charge in [-0.2, -0.15) is 9.61 Å². The lowest BCUT2D eigenvalue weighted by atomic mass is 10.3. The zero-order chi connectivity index (χ0) is 25.4. The zero-order valence-electron chi connectivity index (χ0n) is 20.4. The number of aromatic amines is 2. The van der Waals surface area contributed by atoms with Crippen molar-refractivity contribution in [2.75, 3.05) is 34.2 Å². The summed E-state index contributed by atoms with van der Waals surface area (Å²) in [5.41, 5.74) is 1.63. The molecule has 0 saturated heterocycles. The number of aromatic nitrogens is 5. The highest BCUT2D eigenvalue weighted by molar-refractivity contribution is 7.17. The van der Waals surface area contributed by atoms with Gasteiger partial charge in [-0.05, 0) is 58.1 Å². The Balaban J connectivity index is 1.52. The van der Waals surface area contributed by atoms with Crippen molar-refractivity contribution in [3.8, 4) is 16.5 Å². The Bertz CT molecular complexity index is 1590. The van der Waals surface area contributed by atoms with Gasteiger partial charge in [0.05, 0.1) is 27.7 Å². The normalized spacial score (nSPS) is 14.9. The fourth-order valence-corrected chi connectivity index (χ4v) is 4.79. The van der Waals surface area contributed by atoms with Gasteiger partial charge in [0, 0.05) is 24.9 Å². The maximum absolute atomic E-state index is 13.0. The fourth-order valence-electron chi connectivity index (χ4n) is 3.83.